The lowest BCUT2D eigenvalue weighted by atomic mass is 10.1. The molecule has 0 aliphatic heterocycles. The predicted octanol–water partition coefficient (Wildman–Crippen LogP) is 2.96. The van der Waals surface area contributed by atoms with Crippen molar-refractivity contribution < 1.29 is 14.3 Å². The van der Waals surface area contributed by atoms with E-state index in [1.54, 1.807) is 0 Å². The van der Waals surface area contributed by atoms with Crippen molar-refractivity contribution in [1.82, 2.24) is 19.8 Å². The topological polar surface area (TPSA) is 172 Å². The highest BCUT2D eigenvalue weighted by Gasteiger charge is 2.29. The van der Waals surface area contributed by atoms with Crippen LogP contribution in [0.2, 0.25) is 5.15 Å². The molecule has 1 aromatic heterocycles. The number of para-hydroxylation sites is 1. The molecule has 2 aromatic carbocycles. The van der Waals surface area contributed by atoms with Crippen LogP contribution in [-0.2, 0) is 11.2 Å². The third kappa shape index (κ3) is 8.81. The zero-order valence-corrected chi connectivity index (χ0v) is 23.3. The SMILES string of the molecule is C[N+](C)(C(=O)COc1ccc(CCCCN=C(N)NC(=O)c2nc(Cl)c(N)nc2N)cc1)c1ccccc1.Cl. The van der Waals surface area contributed by atoms with Crippen molar-refractivity contribution in [3.8, 4) is 5.75 Å². The average molecular weight is 577 g/mol. The number of aryl methyl sites for hydroxylation is 1. The summed E-state index contributed by atoms with van der Waals surface area (Å²) in [5, 5.41) is 2.28. The predicted molar refractivity (Wildman–Crippen MR) is 157 cm³/mol. The number of hydrogen-bond acceptors (Lipinski definition) is 8. The second-order valence-corrected chi connectivity index (χ2v) is 9.29. The van der Waals surface area contributed by atoms with Crippen molar-refractivity contribution in [2.24, 2.45) is 10.7 Å². The van der Waals surface area contributed by atoms with Gasteiger partial charge in [-0.25, -0.2) is 19.2 Å². The number of benzene rings is 2. The van der Waals surface area contributed by atoms with E-state index >= 15 is 0 Å². The summed E-state index contributed by atoms with van der Waals surface area (Å²) in [5.41, 5.74) is 18.8. The molecule has 0 aliphatic carbocycles. The molecule has 0 fully saturated rings. The molecule has 13 heteroatoms. The van der Waals surface area contributed by atoms with E-state index in [1.807, 2.05) is 68.7 Å². The smallest absolute Gasteiger partial charge is 0.355 e. The molecule has 0 unspecified atom stereocenters. The number of likely N-dealkylation sites (N-methyl/N-ethyl adjacent to an activating group) is 1. The van der Waals surface area contributed by atoms with E-state index in [-0.39, 0.29) is 57.8 Å². The maximum absolute atomic E-state index is 12.7. The quantitative estimate of drug-likeness (QED) is 0.123. The van der Waals surface area contributed by atoms with E-state index in [9.17, 15) is 9.59 Å². The molecular weight excluding hydrogens is 543 g/mol. The van der Waals surface area contributed by atoms with Crippen LogP contribution in [0.15, 0.2) is 59.6 Å². The molecule has 11 nitrogen and oxygen atoms in total. The van der Waals surface area contributed by atoms with E-state index in [0.29, 0.717) is 12.3 Å². The Morgan fingerprint density at radius 3 is 2.33 bits per heavy atom. The van der Waals surface area contributed by atoms with Crippen molar-refractivity contribution in [1.29, 1.82) is 0 Å². The first-order chi connectivity index (χ1) is 18.1. The number of nitrogens with two attached hydrogens (primary N) is 3. The fourth-order valence-corrected chi connectivity index (χ4v) is 3.59. The number of anilines is 2. The number of nitrogens with one attached hydrogen (secondary N) is 1. The molecule has 0 saturated carbocycles. The van der Waals surface area contributed by atoms with Crippen LogP contribution in [0.25, 0.3) is 0 Å². The van der Waals surface area contributed by atoms with Gasteiger partial charge in [-0.05, 0) is 49.1 Å². The van der Waals surface area contributed by atoms with Crippen molar-refractivity contribution in [3.05, 3.63) is 71.0 Å². The number of guanidine groups is 1. The van der Waals surface area contributed by atoms with Crippen LogP contribution in [0.3, 0.4) is 0 Å². The number of ether oxygens (including phenoxy) is 1. The number of quaternary nitrogens is 1. The van der Waals surface area contributed by atoms with Gasteiger partial charge in [-0.15, -0.1) is 12.4 Å². The first-order valence-corrected chi connectivity index (χ1v) is 12.3. The highest BCUT2D eigenvalue weighted by molar-refractivity contribution is 6.31. The van der Waals surface area contributed by atoms with Crippen molar-refractivity contribution in [2.75, 3.05) is 38.7 Å². The van der Waals surface area contributed by atoms with Gasteiger partial charge < -0.3 is 21.9 Å². The Kier molecular flexibility index (Phi) is 11.5. The molecule has 7 N–H and O–H groups in total. The molecule has 2 amide bonds. The van der Waals surface area contributed by atoms with Gasteiger partial charge >= 0.3 is 5.91 Å². The van der Waals surface area contributed by atoms with Crippen LogP contribution in [0.4, 0.5) is 17.3 Å². The number of aromatic nitrogens is 2. The molecule has 3 aromatic rings. The monoisotopic (exact) mass is 575 g/mol. The summed E-state index contributed by atoms with van der Waals surface area (Å²) >= 11 is 5.79. The van der Waals surface area contributed by atoms with Gasteiger partial charge in [-0.3, -0.25) is 15.1 Å². The van der Waals surface area contributed by atoms with Gasteiger partial charge in [0.05, 0.1) is 14.1 Å². The van der Waals surface area contributed by atoms with Crippen molar-refractivity contribution in [2.45, 2.75) is 19.3 Å². The Morgan fingerprint density at radius 2 is 1.67 bits per heavy atom. The molecule has 0 bridgehead atoms. The molecule has 0 atom stereocenters. The molecule has 0 radical (unpaired) electrons. The zero-order valence-electron chi connectivity index (χ0n) is 21.8. The maximum atomic E-state index is 12.7. The summed E-state index contributed by atoms with van der Waals surface area (Å²) < 4.78 is 5.83. The van der Waals surface area contributed by atoms with Crippen LogP contribution in [-0.4, -0.2) is 55.0 Å². The third-order valence-electron chi connectivity index (χ3n) is 5.83. The van der Waals surface area contributed by atoms with Crippen LogP contribution in [0.1, 0.15) is 28.9 Å². The van der Waals surface area contributed by atoms with Gasteiger partial charge in [0.1, 0.15) is 11.4 Å². The fraction of sp³-hybridized carbons (Fsp3) is 0.269. The first-order valence-electron chi connectivity index (χ1n) is 11.9. The molecule has 3 rings (SSSR count). The highest BCUT2D eigenvalue weighted by Crippen LogP contribution is 2.20. The van der Waals surface area contributed by atoms with Crippen LogP contribution < -0.4 is 31.7 Å². The minimum atomic E-state index is -0.676. The van der Waals surface area contributed by atoms with Gasteiger partial charge in [0.2, 0.25) is 6.61 Å². The number of aliphatic imine (C=N–C) groups is 1. The number of unbranched alkanes of at least 4 members (excludes halogenated alkanes) is 1. The lowest BCUT2D eigenvalue weighted by Gasteiger charge is -2.26. The highest BCUT2D eigenvalue weighted by atomic mass is 35.5. The standard InChI is InChI=1S/C26H31ClN8O3.ClH/c1-35(2,18-9-4-3-5-10-18)20(36)16-38-19-13-11-17(12-14-19)8-6-7-15-31-26(30)34-25(37)21-23(28)33-24(29)22(27)32-21;/h3-5,9-14H,6-8,15-16H2,1-2H3,(H6-,28,29,30,31,33,34,37);1H/p+1. The lowest BCUT2D eigenvalue weighted by Crippen LogP contribution is -2.49. The van der Waals surface area contributed by atoms with Gasteiger partial charge in [0.15, 0.2) is 28.4 Å². The number of rotatable bonds is 10. The lowest BCUT2D eigenvalue weighted by molar-refractivity contribution is -0.130. The van der Waals surface area contributed by atoms with Gasteiger partial charge in [-0.2, -0.15) is 0 Å². The van der Waals surface area contributed by atoms with Crippen LogP contribution >= 0.6 is 24.0 Å². The largest absolute Gasteiger partial charge is 0.479 e. The number of carbonyl (C=O) groups is 2. The first kappa shape index (κ1) is 31.3. The molecule has 208 valence electrons. The average Bonchev–Trinajstić information content (AvgIpc) is 2.90. The summed E-state index contributed by atoms with van der Waals surface area (Å²) in [7, 11) is 3.69. The second kappa shape index (κ2) is 14.3. The summed E-state index contributed by atoms with van der Waals surface area (Å²) in [6.07, 6.45) is 2.44. The number of hydrogen-bond donors (Lipinski definition) is 4. The summed E-state index contributed by atoms with van der Waals surface area (Å²) in [6.45, 7) is 0.399. The van der Waals surface area contributed by atoms with E-state index in [1.165, 1.54) is 0 Å². The summed E-state index contributed by atoms with van der Waals surface area (Å²) in [6, 6.07) is 17.2. The van der Waals surface area contributed by atoms with E-state index in [0.717, 1.165) is 30.5 Å². The van der Waals surface area contributed by atoms with E-state index < -0.39 is 5.91 Å². The zero-order chi connectivity index (χ0) is 27.7. The Hall–Kier alpha value is -3.93. The summed E-state index contributed by atoms with van der Waals surface area (Å²) in [4.78, 5) is 36.7. The van der Waals surface area contributed by atoms with Crippen LogP contribution in [0.5, 0.6) is 5.75 Å². The molecular formula is C26H33Cl2N8O3+. The normalized spacial score (nSPS) is 11.4. The molecule has 1 heterocycles. The number of nitrogen functional groups attached to an aromatic ring is 2. The minimum Gasteiger partial charge on any atom is -0.479 e. The van der Waals surface area contributed by atoms with Gasteiger partial charge in [0, 0.05) is 6.54 Å². The Morgan fingerprint density at radius 1 is 1.00 bits per heavy atom. The van der Waals surface area contributed by atoms with Gasteiger partial charge in [-0.1, -0.05) is 41.9 Å². The number of amides is 2. The number of halogens is 2. The summed E-state index contributed by atoms with van der Waals surface area (Å²) in [5.74, 6) is -0.378. The fourth-order valence-electron chi connectivity index (χ4n) is 3.47. The molecule has 0 aliphatic rings. The van der Waals surface area contributed by atoms with E-state index in [2.05, 4.69) is 20.3 Å². The third-order valence-corrected chi connectivity index (χ3v) is 6.11. The van der Waals surface area contributed by atoms with E-state index in [4.69, 9.17) is 33.5 Å². The Bertz CT molecular complexity index is 1300. The van der Waals surface area contributed by atoms with Gasteiger partial charge in [0.25, 0.3) is 5.91 Å². The molecule has 0 saturated heterocycles. The van der Waals surface area contributed by atoms with Crippen molar-refractivity contribution >= 4 is 59.1 Å². The molecule has 0 spiro atoms. The maximum Gasteiger partial charge on any atom is 0.355 e. The van der Waals surface area contributed by atoms with Crippen LogP contribution in [0, 0.1) is 0 Å². The Labute approximate surface area is 238 Å². The second-order valence-electron chi connectivity index (χ2n) is 8.93. The minimum absolute atomic E-state index is 0. The van der Waals surface area contributed by atoms with Crippen molar-refractivity contribution in [3.63, 3.8) is 0 Å². The number of carbonyl (C=O) groups excluding carboxylic acids is 2. The Balaban J connectivity index is 0.00000533. The number of nitrogens with zero attached hydrogens (tertiary/aromatic N) is 4. The molecule has 39 heavy (non-hydrogen) atoms.